The fourth-order valence-electron chi connectivity index (χ4n) is 3.82. The SMILES string of the molecule is NS(=O)(=O)c1cc(NC(=O)Cc2ccccc2Cl)cc2c1CCN(C(=O)Oc1ccccc1)C2. The lowest BCUT2D eigenvalue weighted by atomic mass is 9.99. The first-order valence-electron chi connectivity index (χ1n) is 10.4. The van der Waals surface area contributed by atoms with Crippen molar-refractivity contribution >= 4 is 39.3 Å². The molecule has 0 unspecified atom stereocenters. The van der Waals surface area contributed by atoms with Crippen molar-refractivity contribution < 1.29 is 22.7 Å². The van der Waals surface area contributed by atoms with Crippen LogP contribution in [-0.2, 0) is 34.2 Å². The number of fused-ring (bicyclic) bond motifs is 1. The van der Waals surface area contributed by atoms with Crippen molar-refractivity contribution in [1.29, 1.82) is 0 Å². The fraction of sp³-hybridized carbons (Fsp3) is 0.167. The summed E-state index contributed by atoms with van der Waals surface area (Å²) in [5, 5.41) is 8.63. The van der Waals surface area contributed by atoms with Gasteiger partial charge in [-0.05, 0) is 53.4 Å². The average molecular weight is 500 g/mol. The number of nitrogens with zero attached hydrogens (tertiary/aromatic N) is 1. The number of sulfonamides is 1. The highest BCUT2D eigenvalue weighted by molar-refractivity contribution is 7.89. The van der Waals surface area contributed by atoms with E-state index in [2.05, 4.69) is 5.32 Å². The molecule has 3 aromatic rings. The van der Waals surface area contributed by atoms with E-state index in [4.69, 9.17) is 21.5 Å². The molecule has 0 atom stereocenters. The smallest absolute Gasteiger partial charge is 0.410 e. The van der Waals surface area contributed by atoms with E-state index in [0.717, 1.165) is 0 Å². The topological polar surface area (TPSA) is 119 Å². The number of carbonyl (C=O) groups excluding carboxylic acids is 2. The monoisotopic (exact) mass is 499 g/mol. The highest BCUT2D eigenvalue weighted by atomic mass is 35.5. The molecule has 1 aliphatic heterocycles. The number of hydrogen-bond acceptors (Lipinski definition) is 5. The van der Waals surface area contributed by atoms with E-state index >= 15 is 0 Å². The van der Waals surface area contributed by atoms with Crippen LogP contribution in [0.2, 0.25) is 5.02 Å². The zero-order valence-electron chi connectivity index (χ0n) is 18.0. The van der Waals surface area contributed by atoms with Crippen LogP contribution in [0.5, 0.6) is 5.75 Å². The zero-order valence-corrected chi connectivity index (χ0v) is 19.6. The number of halogens is 1. The number of para-hydroxylation sites is 1. The molecule has 4 rings (SSSR count). The van der Waals surface area contributed by atoms with Gasteiger partial charge in [-0.15, -0.1) is 0 Å². The standard InChI is InChI=1S/C24H22ClN3O5S/c25-21-9-5-4-6-16(21)13-23(29)27-18-12-17-15-28(24(30)33-19-7-2-1-3-8-19)11-10-20(17)22(14-18)34(26,31)32/h1-9,12,14H,10-11,13,15H2,(H,27,29)(H2,26,31,32). The van der Waals surface area contributed by atoms with Crippen LogP contribution in [0.4, 0.5) is 10.5 Å². The van der Waals surface area contributed by atoms with Crippen LogP contribution >= 0.6 is 11.6 Å². The minimum atomic E-state index is -4.06. The Morgan fingerprint density at radius 2 is 1.76 bits per heavy atom. The van der Waals surface area contributed by atoms with E-state index in [1.165, 1.54) is 11.0 Å². The highest BCUT2D eigenvalue weighted by Gasteiger charge is 2.28. The number of hydrogen-bond donors (Lipinski definition) is 2. The minimum absolute atomic E-state index is 0.0109. The van der Waals surface area contributed by atoms with E-state index in [0.29, 0.717) is 27.5 Å². The van der Waals surface area contributed by atoms with Crippen LogP contribution in [0.3, 0.4) is 0 Å². The summed E-state index contributed by atoms with van der Waals surface area (Å²) in [6.07, 6.45) is -0.266. The molecule has 0 saturated carbocycles. The third-order valence-electron chi connectivity index (χ3n) is 5.40. The predicted octanol–water partition coefficient (Wildman–Crippen LogP) is 3.73. The van der Waals surface area contributed by atoms with Gasteiger partial charge in [0.1, 0.15) is 5.75 Å². The van der Waals surface area contributed by atoms with Gasteiger partial charge in [0, 0.05) is 23.8 Å². The molecular weight excluding hydrogens is 478 g/mol. The van der Waals surface area contributed by atoms with Gasteiger partial charge < -0.3 is 15.0 Å². The number of benzene rings is 3. The first-order valence-corrected chi connectivity index (χ1v) is 12.4. The average Bonchev–Trinajstić information content (AvgIpc) is 2.79. The Hall–Kier alpha value is -3.40. The quantitative estimate of drug-likeness (QED) is 0.554. The van der Waals surface area contributed by atoms with E-state index < -0.39 is 16.1 Å². The number of anilines is 1. The second kappa shape index (κ2) is 9.84. The van der Waals surface area contributed by atoms with E-state index in [1.54, 1.807) is 54.6 Å². The maximum atomic E-state index is 12.6. The Bertz CT molecular complexity index is 1350. The van der Waals surface area contributed by atoms with Gasteiger partial charge in [0.15, 0.2) is 0 Å². The molecular formula is C24H22ClN3O5S. The summed E-state index contributed by atoms with van der Waals surface area (Å²) in [5.74, 6) is 0.0358. The van der Waals surface area contributed by atoms with Crippen LogP contribution in [0.15, 0.2) is 71.6 Å². The summed E-state index contributed by atoms with van der Waals surface area (Å²) in [6.45, 7) is 0.372. The summed E-state index contributed by atoms with van der Waals surface area (Å²) in [7, 11) is -4.06. The number of amides is 2. The molecule has 1 heterocycles. The molecule has 2 amide bonds. The Morgan fingerprint density at radius 1 is 1.06 bits per heavy atom. The number of primary sulfonamides is 1. The molecule has 0 spiro atoms. The Kier molecular flexibility index (Phi) is 6.87. The molecule has 0 aromatic heterocycles. The summed E-state index contributed by atoms with van der Waals surface area (Å²) >= 11 is 6.13. The third-order valence-corrected chi connectivity index (χ3v) is 6.75. The first kappa shape index (κ1) is 23.7. The van der Waals surface area contributed by atoms with Gasteiger partial charge in [-0.25, -0.2) is 18.4 Å². The lowest BCUT2D eigenvalue weighted by Gasteiger charge is -2.29. The number of ether oxygens (including phenoxy) is 1. The van der Waals surface area contributed by atoms with Crippen molar-refractivity contribution in [2.75, 3.05) is 11.9 Å². The maximum absolute atomic E-state index is 12.6. The Balaban J connectivity index is 1.57. The van der Waals surface area contributed by atoms with Gasteiger partial charge in [0.2, 0.25) is 15.9 Å². The summed E-state index contributed by atoms with van der Waals surface area (Å²) < 4.78 is 30.0. The normalized spacial score (nSPS) is 13.2. The van der Waals surface area contributed by atoms with Gasteiger partial charge >= 0.3 is 6.09 Å². The minimum Gasteiger partial charge on any atom is -0.410 e. The largest absolute Gasteiger partial charge is 0.415 e. The van der Waals surface area contributed by atoms with Crippen molar-refractivity contribution in [3.05, 3.63) is 88.4 Å². The van der Waals surface area contributed by atoms with Crippen LogP contribution in [0, 0.1) is 0 Å². The molecule has 176 valence electrons. The van der Waals surface area contributed by atoms with E-state index in [9.17, 15) is 18.0 Å². The molecule has 1 aliphatic rings. The molecule has 0 bridgehead atoms. The molecule has 10 heteroatoms. The second-order valence-corrected chi connectivity index (χ2v) is 9.76. The van der Waals surface area contributed by atoms with Gasteiger partial charge in [-0.2, -0.15) is 0 Å². The van der Waals surface area contributed by atoms with Gasteiger partial charge in [0.25, 0.3) is 0 Å². The molecule has 0 saturated heterocycles. The highest BCUT2D eigenvalue weighted by Crippen LogP contribution is 2.30. The van der Waals surface area contributed by atoms with E-state index in [-0.39, 0.29) is 42.4 Å². The van der Waals surface area contributed by atoms with Crippen molar-refractivity contribution in [1.82, 2.24) is 4.90 Å². The summed E-state index contributed by atoms with van der Waals surface area (Å²) in [6, 6.07) is 18.6. The van der Waals surface area contributed by atoms with Crippen molar-refractivity contribution in [2.45, 2.75) is 24.3 Å². The molecule has 0 aliphatic carbocycles. The molecule has 8 nitrogen and oxygen atoms in total. The maximum Gasteiger partial charge on any atom is 0.415 e. The molecule has 3 aromatic carbocycles. The summed E-state index contributed by atoms with van der Waals surface area (Å²) in [5.41, 5.74) is 1.99. The molecule has 34 heavy (non-hydrogen) atoms. The number of carbonyl (C=O) groups is 2. The van der Waals surface area contributed by atoms with Crippen molar-refractivity contribution in [3.63, 3.8) is 0 Å². The Labute approximate surface area is 202 Å². The number of nitrogens with one attached hydrogen (secondary N) is 1. The molecule has 0 radical (unpaired) electrons. The second-order valence-electron chi connectivity index (χ2n) is 7.83. The van der Waals surface area contributed by atoms with Crippen LogP contribution < -0.4 is 15.2 Å². The summed E-state index contributed by atoms with van der Waals surface area (Å²) in [4.78, 5) is 26.6. The third kappa shape index (κ3) is 5.56. The zero-order chi connectivity index (χ0) is 24.3. The van der Waals surface area contributed by atoms with E-state index in [1.807, 2.05) is 6.07 Å². The van der Waals surface area contributed by atoms with Crippen molar-refractivity contribution in [3.8, 4) is 5.75 Å². The first-order chi connectivity index (χ1) is 16.2. The van der Waals surface area contributed by atoms with Crippen LogP contribution in [-0.4, -0.2) is 31.9 Å². The van der Waals surface area contributed by atoms with Gasteiger partial charge in [-0.3, -0.25) is 4.79 Å². The van der Waals surface area contributed by atoms with Crippen LogP contribution in [0.25, 0.3) is 0 Å². The lowest BCUT2D eigenvalue weighted by molar-refractivity contribution is -0.115. The number of rotatable bonds is 5. The number of nitrogens with two attached hydrogens (primary N) is 1. The lowest BCUT2D eigenvalue weighted by Crippen LogP contribution is -2.38. The Morgan fingerprint density at radius 3 is 2.47 bits per heavy atom. The fourth-order valence-corrected chi connectivity index (χ4v) is 4.89. The predicted molar refractivity (Wildman–Crippen MR) is 128 cm³/mol. The molecule has 0 fully saturated rings. The van der Waals surface area contributed by atoms with Crippen LogP contribution in [0.1, 0.15) is 16.7 Å². The molecule has 3 N–H and O–H groups in total. The van der Waals surface area contributed by atoms with Crippen molar-refractivity contribution in [2.24, 2.45) is 5.14 Å². The van der Waals surface area contributed by atoms with Gasteiger partial charge in [0.05, 0.1) is 11.3 Å². The van der Waals surface area contributed by atoms with Gasteiger partial charge in [-0.1, -0.05) is 48.0 Å².